The number of aliphatic hydroxyl groups is 1. The highest BCUT2D eigenvalue weighted by atomic mass is 16.5. The third kappa shape index (κ3) is 2.58. The molecule has 2 rings (SSSR count). The lowest BCUT2D eigenvalue weighted by molar-refractivity contribution is -0.233. The molecule has 2 heteroatoms. The largest absolute Gasteiger partial charge is 0.390 e. The van der Waals surface area contributed by atoms with E-state index in [0.29, 0.717) is 5.92 Å². The molecule has 1 saturated heterocycles. The molecule has 1 aliphatic heterocycles. The normalized spacial score (nSPS) is 42.1. The molecule has 0 bridgehead atoms. The van der Waals surface area contributed by atoms with Gasteiger partial charge in [-0.15, -0.1) is 0 Å². The molecule has 2 aliphatic rings. The van der Waals surface area contributed by atoms with Crippen molar-refractivity contribution >= 4 is 0 Å². The van der Waals surface area contributed by atoms with Gasteiger partial charge in [-0.3, -0.25) is 0 Å². The van der Waals surface area contributed by atoms with Gasteiger partial charge in [0, 0.05) is 0 Å². The smallest absolute Gasteiger partial charge is 0.0891 e. The summed E-state index contributed by atoms with van der Waals surface area (Å²) in [5, 5.41) is 9.97. The van der Waals surface area contributed by atoms with Gasteiger partial charge in [-0.1, -0.05) is 11.6 Å². The molecule has 0 amide bonds. The number of allylic oxidation sites excluding steroid dienone is 2. The second-order valence-corrected chi connectivity index (χ2v) is 6.59. The molecule has 2 nitrogen and oxygen atoms in total. The zero-order valence-electron chi connectivity index (χ0n) is 11.6. The van der Waals surface area contributed by atoms with E-state index in [-0.39, 0.29) is 11.7 Å². The topological polar surface area (TPSA) is 29.5 Å². The van der Waals surface area contributed by atoms with Crippen LogP contribution in [-0.4, -0.2) is 22.4 Å². The fourth-order valence-corrected chi connectivity index (χ4v) is 3.30. The van der Waals surface area contributed by atoms with E-state index in [9.17, 15) is 5.11 Å². The summed E-state index contributed by atoms with van der Waals surface area (Å²) in [4.78, 5) is 0. The monoisotopic (exact) mass is 238 g/mol. The lowest BCUT2D eigenvalue weighted by Gasteiger charge is -2.50. The van der Waals surface area contributed by atoms with Gasteiger partial charge in [0.05, 0.1) is 17.3 Å². The Morgan fingerprint density at radius 3 is 2.53 bits per heavy atom. The number of hydrogen-bond donors (Lipinski definition) is 1. The first kappa shape index (κ1) is 13.1. The Morgan fingerprint density at radius 2 is 2.00 bits per heavy atom. The molecule has 1 fully saturated rings. The molecule has 1 aliphatic carbocycles. The molecule has 0 aromatic rings. The van der Waals surface area contributed by atoms with Crippen LogP contribution >= 0.6 is 0 Å². The van der Waals surface area contributed by atoms with Gasteiger partial charge >= 0.3 is 0 Å². The zero-order chi connectivity index (χ0) is 12.7. The highest BCUT2D eigenvalue weighted by Gasteiger charge is 2.46. The summed E-state index contributed by atoms with van der Waals surface area (Å²) in [6.45, 7) is 8.48. The fraction of sp³-hybridized carbons (Fsp3) is 0.867. The molecule has 3 atom stereocenters. The van der Waals surface area contributed by atoms with Crippen molar-refractivity contribution in [2.24, 2.45) is 5.92 Å². The summed E-state index contributed by atoms with van der Waals surface area (Å²) >= 11 is 0. The highest BCUT2D eigenvalue weighted by Crippen LogP contribution is 2.44. The van der Waals surface area contributed by atoms with E-state index < -0.39 is 5.60 Å². The summed E-state index contributed by atoms with van der Waals surface area (Å²) in [7, 11) is 0. The molecule has 1 heterocycles. The van der Waals surface area contributed by atoms with Gasteiger partial charge < -0.3 is 9.84 Å². The van der Waals surface area contributed by atoms with Crippen LogP contribution in [0, 0.1) is 5.92 Å². The van der Waals surface area contributed by atoms with Crippen LogP contribution in [0.2, 0.25) is 0 Å². The van der Waals surface area contributed by atoms with Crippen molar-refractivity contribution in [1.29, 1.82) is 0 Å². The van der Waals surface area contributed by atoms with Crippen molar-refractivity contribution < 1.29 is 9.84 Å². The van der Waals surface area contributed by atoms with E-state index in [0.717, 1.165) is 19.3 Å². The van der Waals surface area contributed by atoms with E-state index in [2.05, 4.69) is 19.9 Å². The van der Waals surface area contributed by atoms with Crippen molar-refractivity contribution in [3.8, 4) is 0 Å². The van der Waals surface area contributed by atoms with Gasteiger partial charge in [0.25, 0.3) is 0 Å². The first-order valence-electron chi connectivity index (χ1n) is 6.87. The molecule has 0 aromatic carbocycles. The van der Waals surface area contributed by atoms with Gasteiger partial charge in [0.15, 0.2) is 0 Å². The Hall–Kier alpha value is -0.340. The van der Waals surface area contributed by atoms with Crippen LogP contribution in [0.4, 0.5) is 0 Å². The van der Waals surface area contributed by atoms with Crippen LogP contribution in [0.1, 0.15) is 59.8 Å². The predicted molar refractivity (Wildman–Crippen MR) is 69.9 cm³/mol. The maximum Gasteiger partial charge on any atom is 0.0891 e. The minimum atomic E-state index is -0.400. The maximum atomic E-state index is 9.97. The van der Waals surface area contributed by atoms with Crippen molar-refractivity contribution in [3.63, 3.8) is 0 Å². The van der Waals surface area contributed by atoms with Crippen molar-refractivity contribution in [2.45, 2.75) is 77.1 Å². The first-order chi connectivity index (χ1) is 7.83. The summed E-state index contributed by atoms with van der Waals surface area (Å²) in [6, 6.07) is 0. The molecular weight excluding hydrogens is 212 g/mol. The number of hydrogen-bond acceptors (Lipinski definition) is 2. The minimum absolute atomic E-state index is 0.0556. The SMILES string of the molecule is CC1=CC[C@H]([C@]2(C)CC[C@H](O)C(C)(C)O2)CC1. The maximum absolute atomic E-state index is 9.97. The number of rotatable bonds is 1. The minimum Gasteiger partial charge on any atom is -0.390 e. The molecule has 98 valence electrons. The van der Waals surface area contributed by atoms with Gasteiger partial charge in [-0.25, -0.2) is 0 Å². The Morgan fingerprint density at radius 1 is 1.29 bits per heavy atom. The Labute approximate surface area is 105 Å². The van der Waals surface area contributed by atoms with E-state index in [1.54, 1.807) is 0 Å². The fourth-order valence-electron chi connectivity index (χ4n) is 3.30. The quantitative estimate of drug-likeness (QED) is 0.709. The first-order valence-corrected chi connectivity index (χ1v) is 6.87. The van der Waals surface area contributed by atoms with E-state index in [4.69, 9.17) is 4.74 Å². The second kappa shape index (κ2) is 4.40. The molecule has 0 spiro atoms. The average molecular weight is 238 g/mol. The molecule has 0 aromatic heterocycles. The van der Waals surface area contributed by atoms with Crippen molar-refractivity contribution in [1.82, 2.24) is 0 Å². The summed E-state index contributed by atoms with van der Waals surface area (Å²) < 4.78 is 6.27. The van der Waals surface area contributed by atoms with Gasteiger partial charge in [0.2, 0.25) is 0 Å². The lowest BCUT2D eigenvalue weighted by atomic mass is 9.73. The third-order valence-corrected chi connectivity index (χ3v) is 4.71. The molecule has 0 radical (unpaired) electrons. The van der Waals surface area contributed by atoms with E-state index in [1.165, 1.54) is 18.4 Å². The zero-order valence-corrected chi connectivity index (χ0v) is 11.6. The van der Waals surface area contributed by atoms with Crippen LogP contribution in [0.25, 0.3) is 0 Å². The van der Waals surface area contributed by atoms with Crippen LogP contribution < -0.4 is 0 Å². The predicted octanol–water partition coefficient (Wildman–Crippen LogP) is 3.44. The standard InChI is InChI=1S/C15H26O2/c1-11-5-7-12(8-6-11)15(4)10-9-13(16)14(2,3)17-15/h5,12-13,16H,6-10H2,1-4H3/t12-,13-,15-/m0/s1. The van der Waals surface area contributed by atoms with Gasteiger partial charge in [-0.05, 0) is 65.7 Å². The lowest BCUT2D eigenvalue weighted by Crippen LogP contribution is -2.55. The van der Waals surface area contributed by atoms with E-state index >= 15 is 0 Å². The highest BCUT2D eigenvalue weighted by molar-refractivity contribution is 5.07. The van der Waals surface area contributed by atoms with Gasteiger partial charge in [0.1, 0.15) is 0 Å². The van der Waals surface area contributed by atoms with Crippen LogP contribution in [0.5, 0.6) is 0 Å². The van der Waals surface area contributed by atoms with Crippen LogP contribution in [-0.2, 0) is 4.74 Å². The molecule has 1 N–H and O–H groups in total. The molecule has 0 saturated carbocycles. The molecule has 0 unspecified atom stereocenters. The number of aliphatic hydroxyl groups excluding tert-OH is 1. The van der Waals surface area contributed by atoms with E-state index in [1.807, 2.05) is 13.8 Å². The second-order valence-electron chi connectivity index (χ2n) is 6.59. The van der Waals surface area contributed by atoms with Gasteiger partial charge in [-0.2, -0.15) is 0 Å². The Balaban J connectivity index is 2.10. The van der Waals surface area contributed by atoms with Crippen LogP contribution in [0.15, 0.2) is 11.6 Å². The third-order valence-electron chi connectivity index (χ3n) is 4.71. The summed E-state index contributed by atoms with van der Waals surface area (Å²) in [5.74, 6) is 0.609. The summed E-state index contributed by atoms with van der Waals surface area (Å²) in [5.41, 5.74) is 1.06. The summed E-state index contributed by atoms with van der Waals surface area (Å²) in [6.07, 6.45) is 7.45. The number of ether oxygens (including phenoxy) is 1. The Kier molecular flexibility index (Phi) is 3.39. The molecule has 17 heavy (non-hydrogen) atoms. The average Bonchev–Trinajstić information content (AvgIpc) is 2.24. The molecular formula is C15H26O2. The van der Waals surface area contributed by atoms with Crippen LogP contribution in [0.3, 0.4) is 0 Å². The Bertz CT molecular complexity index is 319. The van der Waals surface area contributed by atoms with Crippen molar-refractivity contribution in [3.05, 3.63) is 11.6 Å². The van der Waals surface area contributed by atoms with Crippen molar-refractivity contribution in [2.75, 3.05) is 0 Å².